The van der Waals surface area contributed by atoms with Gasteiger partial charge >= 0.3 is 0 Å². The molecule has 1 nitrogen and oxygen atoms in total. The fourth-order valence-electron chi connectivity index (χ4n) is 6.31. The van der Waals surface area contributed by atoms with E-state index in [2.05, 4.69) is 35.6 Å². The largest absolute Gasteiger partial charge is 0.311 e. The second-order valence-corrected chi connectivity index (χ2v) is 8.20. The molecular weight excluding hydrogens is 254 g/mol. The zero-order chi connectivity index (χ0) is 13.8. The SMILES string of the molecule is c1ccc(C2CC(NC3CC4CC3C3CCCC43)C2)cc1. The predicted molar refractivity (Wildman–Crippen MR) is 86.2 cm³/mol. The van der Waals surface area contributed by atoms with Gasteiger partial charge in [0.1, 0.15) is 0 Å². The zero-order valence-corrected chi connectivity index (χ0v) is 12.9. The minimum atomic E-state index is 0.805. The highest BCUT2D eigenvalue weighted by atomic mass is 15.0. The molecule has 0 saturated heterocycles. The lowest BCUT2D eigenvalue weighted by atomic mass is 9.74. The standard InChI is InChI=1S/C20H27N/c1-2-5-13(6-3-1)14-9-16(10-14)21-20-12-15-11-19(20)18-8-4-7-17(15)18/h1-3,5-6,14-21H,4,7-12H2. The maximum Gasteiger partial charge on any atom is 0.0103 e. The number of rotatable bonds is 3. The summed E-state index contributed by atoms with van der Waals surface area (Å²) in [6.45, 7) is 0. The van der Waals surface area contributed by atoms with Crippen LogP contribution in [0.25, 0.3) is 0 Å². The quantitative estimate of drug-likeness (QED) is 0.868. The van der Waals surface area contributed by atoms with Gasteiger partial charge in [-0.15, -0.1) is 0 Å². The van der Waals surface area contributed by atoms with Crippen LogP contribution in [-0.2, 0) is 0 Å². The molecule has 4 fully saturated rings. The Morgan fingerprint density at radius 3 is 2.48 bits per heavy atom. The average Bonchev–Trinajstić information content (AvgIpc) is 3.15. The average molecular weight is 281 g/mol. The molecule has 5 unspecified atom stereocenters. The van der Waals surface area contributed by atoms with Crippen LogP contribution in [0.4, 0.5) is 0 Å². The number of hydrogen-bond donors (Lipinski definition) is 1. The monoisotopic (exact) mass is 281 g/mol. The fraction of sp³-hybridized carbons (Fsp3) is 0.700. The lowest BCUT2D eigenvalue weighted by Crippen LogP contribution is -2.49. The van der Waals surface area contributed by atoms with Crippen molar-refractivity contribution in [2.45, 2.75) is 62.9 Å². The molecule has 4 aliphatic carbocycles. The van der Waals surface area contributed by atoms with Gasteiger partial charge < -0.3 is 5.32 Å². The highest BCUT2D eigenvalue weighted by Gasteiger charge is 2.54. The predicted octanol–water partition coefficient (Wildman–Crippen LogP) is 4.35. The highest BCUT2D eigenvalue weighted by Crippen LogP contribution is 2.59. The van der Waals surface area contributed by atoms with Crippen molar-refractivity contribution in [2.75, 3.05) is 0 Å². The summed E-state index contributed by atoms with van der Waals surface area (Å²) in [6, 6.07) is 12.8. The smallest absolute Gasteiger partial charge is 0.0103 e. The Bertz CT molecular complexity index is 504. The number of fused-ring (bicyclic) bond motifs is 5. The Balaban J connectivity index is 1.18. The Hall–Kier alpha value is -0.820. The summed E-state index contributed by atoms with van der Waals surface area (Å²) in [5.41, 5.74) is 1.55. The maximum absolute atomic E-state index is 4.06. The summed E-state index contributed by atoms with van der Waals surface area (Å²) >= 11 is 0. The van der Waals surface area contributed by atoms with Crippen LogP contribution in [0.3, 0.4) is 0 Å². The van der Waals surface area contributed by atoms with Gasteiger partial charge in [-0.3, -0.25) is 0 Å². The van der Waals surface area contributed by atoms with E-state index in [4.69, 9.17) is 0 Å². The third-order valence-electron chi connectivity index (χ3n) is 7.29. The molecule has 0 spiro atoms. The van der Waals surface area contributed by atoms with E-state index < -0.39 is 0 Å². The van der Waals surface area contributed by atoms with Gasteiger partial charge in [0.2, 0.25) is 0 Å². The van der Waals surface area contributed by atoms with Crippen molar-refractivity contribution in [3.63, 3.8) is 0 Å². The molecule has 21 heavy (non-hydrogen) atoms. The van der Waals surface area contributed by atoms with Gasteiger partial charge in [-0.2, -0.15) is 0 Å². The molecule has 4 saturated carbocycles. The molecule has 1 N–H and O–H groups in total. The molecule has 112 valence electrons. The van der Waals surface area contributed by atoms with Gasteiger partial charge in [0.15, 0.2) is 0 Å². The van der Waals surface area contributed by atoms with E-state index in [1.807, 2.05) is 0 Å². The molecule has 1 aromatic carbocycles. The molecule has 0 heterocycles. The summed E-state index contributed by atoms with van der Waals surface area (Å²) in [7, 11) is 0. The molecule has 5 rings (SSSR count). The fourth-order valence-corrected chi connectivity index (χ4v) is 6.31. The van der Waals surface area contributed by atoms with Crippen LogP contribution in [0.5, 0.6) is 0 Å². The molecule has 5 atom stereocenters. The van der Waals surface area contributed by atoms with E-state index >= 15 is 0 Å². The normalized spacial score (nSPS) is 47.3. The van der Waals surface area contributed by atoms with Crippen molar-refractivity contribution in [1.29, 1.82) is 0 Å². The van der Waals surface area contributed by atoms with Crippen molar-refractivity contribution in [3.05, 3.63) is 35.9 Å². The first-order valence-electron chi connectivity index (χ1n) is 9.19. The van der Waals surface area contributed by atoms with Crippen molar-refractivity contribution < 1.29 is 0 Å². The maximum atomic E-state index is 4.06. The zero-order valence-electron chi connectivity index (χ0n) is 12.9. The summed E-state index contributed by atoms with van der Waals surface area (Å²) in [4.78, 5) is 0. The Labute approximate surface area is 128 Å². The van der Waals surface area contributed by atoms with E-state index in [1.165, 1.54) is 25.7 Å². The lowest BCUT2D eigenvalue weighted by Gasteiger charge is -2.41. The topological polar surface area (TPSA) is 12.0 Å². The van der Waals surface area contributed by atoms with E-state index in [9.17, 15) is 0 Å². The first-order chi connectivity index (χ1) is 10.4. The number of nitrogens with one attached hydrogen (secondary N) is 1. The van der Waals surface area contributed by atoms with Crippen molar-refractivity contribution in [2.24, 2.45) is 23.7 Å². The first-order valence-corrected chi connectivity index (χ1v) is 9.19. The second-order valence-electron chi connectivity index (χ2n) is 8.20. The van der Waals surface area contributed by atoms with E-state index in [0.29, 0.717) is 0 Å². The summed E-state index contributed by atoms with van der Waals surface area (Å²) in [5, 5.41) is 4.06. The van der Waals surface area contributed by atoms with Gasteiger partial charge in [-0.25, -0.2) is 0 Å². The molecule has 1 heteroatoms. The summed E-state index contributed by atoms with van der Waals surface area (Å²) in [5.74, 6) is 5.18. The van der Waals surface area contributed by atoms with Gasteiger partial charge in [0.25, 0.3) is 0 Å². The van der Waals surface area contributed by atoms with Crippen LogP contribution in [0.1, 0.15) is 56.4 Å². The second kappa shape index (κ2) is 4.84. The molecule has 4 aliphatic rings. The van der Waals surface area contributed by atoms with Crippen LogP contribution in [0.2, 0.25) is 0 Å². The molecule has 2 bridgehead atoms. The van der Waals surface area contributed by atoms with Crippen molar-refractivity contribution in [1.82, 2.24) is 5.32 Å². The molecule has 1 aromatic rings. The minimum Gasteiger partial charge on any atom is -0.311 e. The van der Waals surface area contributed by atoms with Crippen LogP contribution in [0.15, 0.2) is 30.3 Å². The molecule has 0 radical (unpaired) electrons. The van der Waals surface area contributed by atoms with E-state index in [1.54, 1.807) is 24.8 Å². The van der Waals surface area contributed by atoms with Gasteiger partial charge in [-0.05, 0) is 73.7 Å². The number of hydrogen-bond acceptors (Lipinski definition) is 1. The Kier molecular flexibility index (Phi) is 2.93. The molecular formula is C20H27N. The van der Waals surface area contributed by atoms with E-state index in [-0.39, 0.29) is 0 Å². The summed E-state index contributed by atoms with van der Waals surface area (Å²) < 4.78 is 0. The Morgan fingerprint density at radius 1 is 0.810 bits per heavy atom. The number of benzene rings is 1. The molecule has 0 aromatic heterocycles. The van der Waals surface area contributed by atoms with Crippen LogP contribution in [0, 0.1) is 23.7 Å². The molecule has 0 amide bonds. The minimum absolute atomic E-state index is 0.805. The third-order valence-corrected chi connectivity index (χ3v) is 7.29. The van der Waals surface area contributed by atoms with Crippen LogP contribution < -0.4 is 5.32 Å². The third kappa shape index (κ3) is 2.00. The summed E-state index contributed by atoms with van der Waals surface area (Å²) in [6.07, 6.45) is 10.4. The Morgan fingerprint density at radius 2 is 1.62 bits per heavy atom. The van der Waals surface area contributed by atoms with Crippen molar-refractivity contribution in [3.8, 4) is 0 Å². The van der Waals surface area contributed by atoms with Crippen LogP contribution >= 0.6 is 0 Å². The van der Waals surface area contributed by atoms with Crippen LogP contribution in [-0.4, -0.2) is 12.1 Å². The van der Waals surface area contributed by atoms with E-state index in [0.717, 1.165) is 41.7 Å². The first kappa shape index (κ1) is 12.7. The van der Waals surface area contributed by atoms with Gasteiger partial charge in [0, 0.05) is 12.1 Å². The van der Waals surface area contributed by atoms with Gasteiger partial charge in [0.05, 0.1) is 0 Å². The molecule has 0 aliphatic heterocycles. The van der Waals surface area contributed by atoms with Gasteiger partial charge in [-0.1, -0.05) is 36.8 Å². The van der Waals surface area contributed by atoms with Crippen molar-refractivity contribution >= 4 is 0 Å². The lowest BCUT2D eigenvalue weighted by molar-refractivity contribution is 0.169. The highest BCUT2D eigenvalue weighted by molar-refractivity contribution is 5.23.